The van der Waals surface area contributed by atoms with Crippen molar-refractivity contribution in [1.82, 2.24) is 9.97 Å². The Morgan fingerprint density at radius 3 is 2.42 bits per heavy atom. The second-order valence-electron chi connectivity index (χ2n) is 4.07. The van der Waals surface area contributed by atoms with Crippen LogP contribution in [-0.2, 0) is 0 Å². The largest absolute Gasteiger partial charge is 0.467 e. The van der Waals surface area contributed by atoms with Crippen LogP contribution in [0.1, 0.15) is 0 Å². The molecule has 0 atom stereocenters. The second kappa shape index (κ2) is 4.94. The number of ether oxygens (including phenoxy) is 1. The molecule has 3 aromatic rings. The van der Waals surface area contributed by atoms with Crippen LogP contribution in [-0.4, -0.2) is 17.1 Å². The predicted octanol–water partition coefficient (Wildman–Crippen LogP) is 3.38. The minimum absolute atomic E-state index is 0.358. The molecule has 0 aliphatic rings. The topological polar surface area (TPSA) is 47.0 Å². The van der Waals surface area contributed by atoms with Gasteiger partial charge >= 0.3 is 6.01 Å². The van der Waals surface area contributed by atoms with Gasteiger partial charge in [-0.1, -0.05) is 30.3 Å². The molecular weight excluding hydrogens is 238 g/mol. The Bertz CT molecular complexity index is 698. The molecule has 0 unspecified atom stereocenters. The molecule has 4 heteroatoms. The zero-order valence-corrected chi connectivity index (χ0v) is 10.5. The third-order valence-corrected chi connectivity index (χ3v) is 2.80. The first-order valence-corrected chi connectivity index (χ1v) is 5.99. The summed E-state index contributed by atoms with van der Waals surface area (Å²) in [7, 11) is 1.57. The Morgan fingerprint density at radius 1 is 0.895 bits per heavy atom. The van der Waals surface area contributed by atoms with E-state index >= 15 is 0 Å². The average molecular weight is 251 g/mol. The van der Waals surface area contributed by atoms with Crippen molar-refractivity contribution in [3.8, 4) is 6.01 Å². The highest BCUT2D eigenvalue weighted by Crippen LogP contribution is 2.25. The Balaban J connectivity index is 2.11. The molecule has 0 aliphatic heterocycles. The van der Waals surface area contributed by atoms with Gasteiger partial charge in [0.25, 0.3) is 0 Å². The lowest BCUT2D eigenvalue weighted by atomic mass is 10.2. The van der Waals surface area contributed by atoms with Crippen LogP contribution in [0.5, 0.6) is 6.01 Å². The first-order valence-electron chi connectivity index (χ1n) is 5.99. The molecule has 0 saturated carbocycles. The molecule has 0 saturated heterocycles. The number of aromatic nitrogens is 2. The number of para-hydroxylation sites is 2. The van der Waals surface area contributed by atoms with Crippen molar-refractivity contribution < 1.29 is 4.74 Å². The highest BCUT2D eigenvalue weighted by Gasteiger charge is 2.07. The lowest BCUT2D eigenvalue weighted by Gasteiger charge is -2.09. The van der Waals surface area contributed by atoms with E-state index < -0.39 is 0 Å². The molecule has 94 valence electrons. The van der Waals surface area contributed by atoms with Crippen LogP contribution in [0, 0.1) is 0 Å². The van der Waals surface area contributed by atoms with E-state index in [0.717, 1.165) is 22.4 Å². The van der Waals surface area contributed by atoms with Crippen LogP contribution >= 0.6 is 0 Å². The number of benzene rings is 2. The molecule has 4 nitrogen and oxygen atoms in total. The van der Waals surface area contributed by atoms with Gasteiger partial charge in [-0.25, -0.2) is 0 Å². The first kappa shape index (κ1) is 11.5. The number of nitrogens with zero attached hydrogens (tertiary/aromatic N) is 2. The van der Waals surface area contributed by atoms with Crippen molar-refractivity contribution in [3.63, 3.8) is 0 Å². The molecule has 3 rings (SSSR count). The second-order valence-corrected chi connectivity index (χ2v) is 4.07. The van der Waals surface area contributed by atoms with Gasteiger partial charge < -0.3 is 10.1 Å². The molecule has 0 fully saturated rings. The number of anilines is 2. The summed E-state index contributed by atoms with van der Waals surface area (Å²) in [5, 5.41) is 4.26. The molecule has 1 N–H and O–H groups in total. The van der Waals surface area contributed by atoms with E-state index in [9.17, 15) is 0 Å². The third kappa shape index (κ3) is 2.33. The highest BCUT2D eigenvalue weighted by atomic mass is 16.5. The van der Waals surface area contributed by atoms with E-state index in [4.69, 9.17) is 4.74 Å². The van der Waals surface area contributed by atoms with Crippen LogP contribution in [0.15, 0.2) is 54.6 Å². The molecule has 1 aromatic heterocycles. The molecule has 0 aliphatic carbocycles. The zero-order valence-electron chi connectivity index (χ0n) is 10.5. The van der Waals surface area contributed by atoms with Gasteiger partial charge in [-0.05, 0) is 24.3 Å². The molecule has 0 radical (unpaired) electrons. The fraction of sp³-hybridized carbons (Fsp3) is 0.0667. The summed E-state index contributed by atoms with van der Waals surface area (Å²) in [4.78, 5) is 8.69. The maximum absolute atomic E-state index is 5.14. The van der Waals surface area contributed by atoms with Crippen LogP contribution in [0.3, 0.4) is 0 Å². The van der Waals surface area contributed by atoms with Crippen LogP contribution in [0.4, 0.5) is 11.5 Å². The first-order chi connectivity index (χ1) is 9.36. The molecule has 0 amide bonds. The van der Waals surface area contributed by atoms with Gasteiger partial charge in [-0.15, -0.1) is 0 Å². The van der Waals surface area contributed by atoms with Crippen molar-refractivity contribution in [1.29, 1.82) is 0 Å². The van der Waals surface area contributed by atoms with Crippen LogP contribution < -0.4 is 10.1 Å². The third-order valence-electron chi connectivity index (χ3n) is 2.80. The van der Waals surface area contributed by atoms with Crippen LogP contribution in [0.25, 0.3) is 10.9 Å². The maximum atomic E-state index is 5.14. The van der Waals surface area contributed by atoms with Crippen molar-refractivity contribution in [2.75, 3.05) is 12.4 Å². The maximum Gasteiger partial charge on any atom is 0.318 e. The standard InChI is InChI=1S/C15H13N3O/c1-19-15-17-13-10-6-5-9-12(13)14(18-15)16-11-7-3-2-4-8-11/h2-10H,1H3,(H,16,17,18). The lowest BCUT2D eigenvalue weighted by molar-refractivity contribution is 0.382. The van der Waals surface area contributed by atoms with Gasteiger partial charge in [0, 0.05) is 11.1 Å². The van der Waals surface area contributed by atoms with Crippen molar-refractivity contribution in [2.24, 2.45) is 0 Å². The minimum Gasteiger partial charge on any atom is -0.467 e. The Labute approximate surface area is 111 Å². The summed E-state index contributed by atoms with van der Waals surface area (Å²) in [6.07, 6.45) is 0. The number of nitrogens with one attached hydrogen (secondary N) is 1. The van der Waals surface area contributed by atoms with Crippen molar-refractivity contribution in [3.05, 3.63) is 54.6 Å². The van der Waals surface area contributed by atoms with E-state index in [0.29, 0.717) is 6.01 Å². The minimum atomic E-state index is 0.358. The quantitative estimate of drug-likeness (QED) is 0.775. The SMILES string of the molecule is COc1nc(Nc2ccccc2)c2ccccc2n1. The normalized spacial score (nSPS) is 10.4. The summed E-state index contributed by atoms with van der Waals surface area (Å²) >= 11 is 0. The Hall–Kier alpha value is -2.62. The smallest absolute Gasteiger partial charge is 0.318 e. The number of rotatable bonds is 3. The number of hydrogen-bond donors (Lipinski definition) is 1. The van der Waals surface area contributed by atoms with Gasteiger partial charge in [-0.2, -0.15) is 9.97 Å². The Kier molecular flexibility index (Phi) is 2.98. The fourth-order valence-corrected chi connectivity index (χ4v) is 1.90. The van der Waals surface area contributed by atoms with Gasteiger partial charge in [0.2, 0.25) is 0 Å². The monoisotopic (exact) mass is 251 g/mol. The fourth-order valence-electron chi connectivity index (χ4n) is 1.90. The average Bonchev–Trinajstić information content (AvgIpc) is 2.48. The van der Waals surface area contributed by atoms with E-state index in [-0.39, 0.29) is 0 Å². The van der Waals surface area contributed by atoms with Gasteiger partial charge in [0.05, 0.1) is 12.6 Å². The van der Waals surface area contributed by atoms with E-state index in [2.05, 4.69) is 15.3 Å². The summed E-state index contributed by atoms with van der Waals surface area (Å²) in [6.45, 7) is 0. The van der Waals surface area contributed by atoms with E-state index in [1.807, 2.05) is 54.6 Å². The van der Waals surface area contributed by atoms with E-state index in [1.54, 1.807) is 7.11 Å². The highest BCUT2D eigenvalue weighted by molar-refractivity contribution is 5.90. The molecule has 1 heterocycles. The van der Waals surface area contributed by atoms with Gasteiger partial charge in [-0.3, -0.25) is 0 Å². The van der Waals surface area contributed by atoms with Gasteiger partial charge in [0.15, 0.2) is 0 Å². The van der Waals surface area contributed by atoms with Crippen molar-refractivity contribution in [2.45, 2.75) is 0 Å². The molecule has 0 spiro atoms. The molecule has 0 bridgehead atoms. The Morgan fingerprint density at radius 2 is 1.63 bits per heavy atom. The molecular formula is C15H13N3O. The summed E-state index contributed by atoms with van der Waals surface area (Å²) in [6, 6.07) is 18.1. The van der Waals surface area contributed by atoms with E-state index in [1.165, 1.54) is 0 Å². The molecule has 2 aromatic carbocycles. The van der Waals surface area contributed by atoms with Crippen molar-refractivity contribution >= 4 is 22.4 Å². The summed E-state index contributed by atoms with van der Waals surface area (Å²) < 4.78 is 5.14. The summed E-state index contributed by atoms with van der Waals surface area (Å²) in [5.41, 5.74) is 1.83. The zero-order chi connectivity index (χ0) is 13.1. The molecule has 19 heavy (non-hydrogen) atoms. The van der Waals surface area contributed by atoms with Crippen LogP contribution in [0.2, 0.25) is 0 Å². The summed E-state index contributed by atoms with van der Waals surface area (Å²) in [5.74, 6) is 0.744. The van der Waals surface area contributed by atoms with Gasteiger partial charge in [0.1, 0.15) is 5.82 Å². The number of hydrogen-bond acceptors (Lipinski definition) is 4. The lowest BCUT2D eigenvalue weighted by Crippen LogP contribution is -1.99. The predicted molar refractivity (Wildman–Crippen MR) is 75.8 cm³/mol. The number of methoxy groups -OCH3 is 1. The number of fused-ring (bicyclic) bond motifs is 1.